The quantitative estimate of drug-likeness (QED) is 0.139. The molecule has 0 spiro atoms. The average Bonchev–Trinajstić information content (AvgIpc) is 3.23. The molecule has 0 amide bonds. The Morgan fingerprint density at radius 3 is 1.29 bits per heavy atom. The number of hydrogen-bond donors (Lipinski definition) is 4. The first-order valence-electron chi connectivity index (χ1n) is 17.2. The Hall–Kier alpha value is -6.76. The van der Waals surface area contributed by atoms with Crippen LogP contribution in [0, 0.1) is 11.6 Å². The Morgan fingerprint density at radius 1 is 0.554 bits per heavy atom. The fourth-order valence-corrected chi connectivity index (χ4v) is 6.85. The molecule has 6 aromatic rings. The van der Waals surface area contributed by atoms with Gasteiger partial charge in [-0.1, -0.05) is 97.1 Å². The molecule has 2 aliphatic heterocycles. The van der Waals surface area contributed by atoms with Crippen LogP contribution in [0.2, 0.25) is 0 Å². The fourth-order valence-electron chi connectivity index (χ4n) is 6.85. The highest BCUT2D eigenvalue weighted by Crippen LogP contribution is 2.47. The summed E-state index contributed by atoms with van der Waals surface area (Å²) in [6.07, 6.45) is 0. The Kier molecular flexibility index (Phi) is 13.0. The van der Waals surface area contributed by atoms with Crippen molar-refractivity contribution in [1.82, 2.24) is 0 Å². The van der Waals surface area contributed by atoms with Gasteiger partial charge >= 0.3 is 11.9 Å². The summed E-state index contributed by atoms with van der Waals surface area (Å²) in [5, 5.41) is 17.7. The van der Waals surface area contributed by atoms with E-state index in [4.69, 9.17) is 40.6 Å². The normalized spacial score (nSPS) is 15.2. The number of aliphatic hydroxyl groups excluding tert-OH is 2. The van der Waals surface area contributed by atoms with Crippen LogP contribution >= 0.6 is 0 Å². The number of rotatable bonds is 4. The molecule has 0 bridgehead atoms. The molecule has 288 valence electrons. The van der Waals surface area contributed by atoms with Gasteiger partial charge in [-0.2, -0.15) is 0 Å². The molecule has 8 rings (SSSR count). The van der Waals surface area contributed by atoms with E-state index in [0.717, 1.165) is 46.9 Å². The molecule has 6 N–H and O–H groups in total. The van der Waals surface area contributed by atoms with Crippen LogP contribution in [-0.2, 0) is 19.1 Å². The van der Waals surface area contributed by atoms with Gasteiger partial charge in [-0.15, -0.1) is 0 Å². The van der Waals surface area contributed by atoms with Crippen LogP contribution in [0.1, 0.15) is 34.1 Å². The van der Waals surface area contributed by atoms with E-state index in [9.17, 15) is 18.4 Å². The van der Waals surface area contributed by atoms with Gasteiger partial charge in [-0.05, 0) is 46.2 Å². The SMILES string of the molecule is CO.CO.COC(=O)C1=C(N)Oc2c(ccc3ccccc23)[C@H]1c1cccc(F)c1.COC(=O)C1=C(N)Oc2c(ccc3ccccc23)[C@H]1c1cccc(F)c1. The van der Waals surface area contributed by atoms with E-state index in [-0.39, 0.29) is 34.5 Å². The van der Waals surface area contributed by atoms with Gasteiger partial charge in [-0.3, -0.25) is 0 Å². The number of carbonyl (C=O) groups is 2. The van der Waals surface area contributed by atoms with Gasteiger partial charge < -0.3 is 40.6 Å². The molecule has 10 nitrogen and oxygen atoms in total. The number of carbonyl (C=O) groups excluding carboxylic acids is 2. The van der Waals surface area contributed by atoms with Gasteiger partial charge in [0, 0.05) is 36.1 Å². The van der Waals surface area contributed by atoms with Crippen LogP contribution in [0.4, 0.5) is 8.78 Å². The monoisotopic (exact) mass is 762 g/mol. The lowest BCUT2D eigenvalue weighted by molar-refractivity contribution is -0.137. The van der Waals surface area contributed by atoms with Crippen LogP contribution in [-0.4, -0.2) is 50.6 Å². The second-order valence-corrected chi connectivity index (χ2v) is 12.1. The van der Waals surface area contributed by atoms with E-state index in [1.807, 2.05) is 72.8 Å². The molecule has 2 atom stereocenters. The lowest BCUT2D eigenvalue weighted by Crippen LogP contribution is -2.27. The van der Waals surface area contributed by atoms with Crippen molar-refractivity contribution >= 4 is 33.5 Å². The number of ether oxygens (including phenoxy) is 4. The third-order valence-corrected chi connectivity index (χ3v) is 9.15. The highest BCUT2D eigenvalue weighted by atomic mass is 19.1. The fraction of sp³-hybridized carbons (Fsp3) is 0.136. The van der Waals surface area contributed by atoms with Crippen molar-refractivity contribution in [2.75, 3.05) is 28.4 Å². The van der Waals surface area contributed by atoms with Gasteiger partial charge in [0.1, 0.15) is 34.3 Å². The molecule has 0 aliphatic carbocycles. The van der Waals surface area contributed by atoms with E-state index in [0.29, 0.717) is 22.6 Å². The summed E-state index contributed by atoms with van der Waals surface area (Å²) < 4.78 is 49.2. The highest BCUT2D eigenvalue weighted by Gasteiger charge is 2.37. The average molecular weight is 763 g/mol. The standard InChI is InChI=1S/2C21H16FNO3.2CH4O/c2*1-25-21(24)18-17(13-6-4-7-14(22)11-13)16-10-9-12-5-2-3-8-15(12)19(16)26-20(18)23;2*1-2/h2*2-11,17H,23H2,1H3;2*2H,1H3/t2*17-;;/m11../s1. The zero-order valence-corrected chi connectivity index (χ0v) is 31.0. The largest absolute Gasteiger partial charge is 0.465 e. The third-order valence-electron chi connectivity index (χ3n) is 9.15. The molecule has 2 heterocycles. The minimum Gasteiger partial charge on any atom is -0.465 e. The molecular formula is C44H40F2N2O8. The van der Waals surface area contributed by atoms with E-state index >= 15 is 0 Å². The van der Waals surface area contributed by atoms with E-state index < -0.39 is 23.8 Å². The first-order chi connectivity index (χ1) is 27.2. The number of esters is 2. The van der Waals surface area contributed by atoms with Crippen LogP contribution in [0.3, 0.4) is 0 Å². The van der Waals surface area contributed by atoms with Gasteiger partial charge in [0.25, 0.3) is 0 Å². The zero-order valence-electron chi connectivity index (χ0n) is 31.0. The molecule has 0 saturated carbocycles. The number of hydrogen-bond acceptors (Lipinski definition) is 10. The Labute approximate surface area is 321 Å². The first kappa shape index (κ1) is 40.4. The van der Waals surface area contributed by atoms with E-state index in [1.165, 1.54) is 38.5 Å². The van der Waals surface area contributed by atoms with Gasteiger partial charge in [0.15, 0.2) is 0 Å². The number of methoxy groups -OCH3 is 2. The van der Waals surface area contributed by atoms with Crippen molar-refractivity contribution < 1.29 is 47.5 Å². The topological polar surface area (TPSA) is 164 Å². The van der Waals surface area contributed by atoms with Crippen LogP contribution in [0.5, 0.6) is 11.5 Å². The molecule has 0 saturated heterocycles. The number of fused-ring (bicyclic) bond motifs is 6. The summed E-state index contributed by atoms with van der Waals surface area (Å²) in [5.41, 5.74) is 15.2. The zero-order chi connectivity index (χ0) is 40.5. The van der Waals surface area contributed by atoms with Crippen molar-refractivity contribution in [1.29, 1.82) is 0 Å². The van der Waals surface area contributed by atoms with Gasteiger partial charge in [0.2, 0.25) is 11.8 Å². The Balaban J connectivity index is 0.000000197. The number of halogens is 2. The number of benzene rings is 6. The second-order valence-electron chi connectivity index (χ2n) is 12.1. The van der Waals surface area contributed by atoms with E-state index in [2.05, 4.69) is 0 Å². The molecule has 0 radical (unpaired) electrons. The van der Waals surface area contributed by atoms with Gasteiger partial charge in [-0.25, -0.2) is 18.4 Å². The molecule has 2 aliphatic rings. The lowest BCUT2D eigenvalue weighted by Gasteiger charge is -2.29. The second kappa shape index (κ2) is 18.0. The minimum atomic E-state index is -0.601. The smallest absolute Gasteiger partial charge is 0.340 e. The van der Waals surface area contributed by atoms with Crippen LogP contribution in [0.15, 0.2) is 144 Å². The summed E-state index contributed by atoms with van der Waals surface area (Å²) >= 11 is 0. The predicted octanol–water partition coefficient (Wildman–Crippen LogP) is 6.91. The maximum Gasteiger partial charge on any atom is 0.340 e. The number of aliphatic hydroxyl groups is 2. The first-order valence-corrected chi connectivity index (χ1v) is 17.2. The van der Waals surface area contributed by atoms with Crippen molar-refractivity contribution in [3.8, 4) is 11.5 Å². The predicted molar refractivity (Wildman–Crippen MR) is 208 cm³/mol. The van der Waals surface area contributed by atoms with Gasteiger partial charge in [0.05, 0.1) is 26.1 Å². The molecule has 6 aromatic carbocycles. The number of nitrogens with two attached hydrogens (primary N) is 2. The van der Waals surface area contributed by atoms with Crippen LogP contribution < -0.4 is 20.9 Å². The molecule has 0 unspecified atom stereocenters. The maximum atomic E-state index is 13.9. The van der Waals surface area contributed by atoms with Crippen LogP contribution in [0.25, 0.3) is 21.5 Å². The summed E-state index contributed by atoms with van der Waals surface area (Å²) in [5.74, 6) is -2.06. The third kappa shape index (κ3) is 7.88. The van der Waals surface area contributed by atoms with Crippen molar-refractivity contribution in [3.05, 3.63) is 178 Å². The Bertz CT molecular complexity index is 2290. The van der Waals surface area contributed by atoms with Crippen molar-refractivity contribution in [2.24, 2.45) is 11.5 Å². The minimum absolute atomic E-state index is 0.0324. The highest BCUT2D eigenvalue weighted by molar-refractivity contribution is 5.97. The van der Waals surface area contributed by atoms with Crippen molar-refractivity contribution in [3.63, 3.8) is 0 Å². The Morgan fingerprint density at radius 2 is 0.929 bits per heavy atom. The lowest BCUT2D eigenvalue weighted by atomic mass is 9.82. The van der Waals surface area contributed by atoms with Crippen molar-refractivity contribution in [2.45, 2.75) is 11.8 Å². The summed E-state index contributed by atoms with van der Waals surface area (Å²) in [7, 11) is 4.56. The molecular weight excluding hydrogens is 722 g/mol. The molecule has 12 heteroatoms. The summed E-state index contributed by atoms with van der Waals surface area (Å²) in [6.45, 7) is 0. The summed E-state index contributed by atoms with van der Waals surface area (Å²) in [4.78, 5) is 24.8. The maximum absolute atomic E-state index is 13.9. The molecule has 0 fully saturated rings. The van der Waals surface area contributed by atoms with E-state index in [1.54, 1.807) is 24.3 Å². The molecule has 56 heavy (non-hydrogen) atoms. The molecule has 0 aromatic heterocycles. The summed E-state index contributed by atoms with van der Waals surface area (Å²) in [6, 6.07) is 35.3.